The van der Waals surface area contributed by atoms with Crippen LogP contribution in [0.1, 0.15) is 13.8 Å². The van der Waals surface area contributed by atoms with Crippen LogP contribution in [0.5, 0.6) is 0 Å². The van der Waals surface area contributed by atoms with Crippen molar-refractivity contribution in [2.24, 2.45) is 11.7 Å². The second-order valence-corrected chi connectivity index (χ2v) is 3.12. The lowest BCUT2D eigenvalue weighted by Gasteiger charge is -2.14. The SMILES string of the molecule is CC(C)C1=CC=CC=CC1N. The average Bonchev–Trinajstić information content (AvgIpc) is 2.13. The predicted octanol–water partition coefficient (Wildman–Crippen LogP) is 2.02. The Labute approximate surface area is 68.3 Å². The van der Waals surface area contributed by atoms with Crippen LogP contribution >= 0.6 is 0 Å². The molecule has 0 aliphatic heterocycles. The fourth-order valence-corrected chi connectivity index (χ4v) is 1.21. The molecular weight excluding hydrogens is 134 g/mol. The van der Waals surface area contributed by atoms with Crippen LogP contribution < -0.4 is 5.73 Å². The van der Waals surface area contributed by atoms with E-state index in [1.807, 2.05) is 24.3 Å². The molecule has 0 radical (unpaired) electrons. The van der Waals surface area contributed by atoms with E-state index in [2.05, 4.69) is 19.9 Å². The van der Waals surface area contributed by atoms with E-state index in [9.17, 15) is 0 Å². The number of hydrogen-bond donors (Lipinski definition) is 1. The molecule has 11 heavy (non-hydrogen) atoms. The number of hydrogen-bond acceptors (Lipinski definition) is 1. The Morgan fingerprint density at radius 1 is 1.27 bits per heavy atom. The first kappa shape index (κ1) is 8.28. The second kappa shape index (κ2) is 3.54. The highest BCUT2D eigenvalue weighted by molar-refractivity contribution is 5.29. The van der Waals surface area contributed by atoms with E-state index < -0.39 is 0 Å². The van der Waals surface area contributed by atoms with Crippen molar-refractivity contribution in [1.82, 2.24) is 0 Å². The first-order chi connectivity index (χ1) is 5.22. The Kier molecular flexibility index (Phi) is 2.66. The number of nitrogens with two attached hydrogens (primary N) is 1. The van der Waals surface area contributed by atoms with Crippen molar-refractivity contribution in [2.75, 3.05) is 0 Å². The van der Waals surface area contributed by atoms with Gasteiger partial charge in [-0.15, -0.1) is 0 Å². The summed E-state index contributed by atoms with van der Waals surface area (Å²) in [5.41, 5.74) is 7.19. The molecule has 0 aromatic heterocycles. The largest absolute Gasteiger partial charge is 0.321 e. The maximum Gasteiger partial charge on any atom is 0.0448 e. The van der Waals surface area contributed by atoms with E-state index >= 15 is 0 Å². The van der Waals surface area contributed by atoms with Crippen LogP contribution in [-0.4, -0.2) is 6.04 Å². The van der Waals surface area contributed by atoms with Crippen LogP contribution in [0, 0.1) is 5.92 Å². The summed E-state index contributed by atoms with van der Waals surface area (Å²) in [7, 11) is 0. The summed E-state index contributed by atoms with van der Waals surface area (Å²) >= 11 is 0. The fraction of sp³-hybridized carbons (Fsp3) is 0.400. The van der Waals surface area contributed by atoms with Crippen LogP contribution in [0.3, 0.4) is 0 Å². The molecule has 1 nitrogen and oxygen atoms in total. The molecule has 0 heterocycles. The highest BCUT2D eigenvalue weighted by Gasteiger charge is 2.09. The van der Waals surface area contributed by atoms with Crippen molar-refractivity contribution in [3.05, 3.63) is 36.0 Å². The van der Waals surface area contributed by atoms with Crippen molar-refractivity contribution < 1.29 is 0 Å². The van der Waals surface area contributed by atoms with Gasteiger partial charge >= 0.3 is 0 Å². The Balaban J connectivity index is 2.83. The third kappa shape index (κ3) is 2.05. The Morgan fingerprint density at radius 2 is 2.00 bits per heavy atom. The standard InChI is InChI=1S/C10H15N/c1-8(2)9-6-4-3-5-7-10(9)11/h3-8,10H,11H2,1-2H3. The van der Waals surface area contributed by atoms with Crippen molar-refractivity contribution in [3.8, 4) is 0 Å². The molecular formula is C10H15N. The van der Waals surface area contributed by atoms with Crippen LogP contribution in [0.4, 0.5) is 0 Å². The molecule has 1 rings (SSSR count). The highest BCUT2D eigenvalue weighted by atomic mass is 14.6. The molecule has 1 atom stereocenters. The first-order valence-electron chi connectivity index (χ1n) is 4.02. The van der Waals surface area contributed by atoms with Gasteiger partial charge in [0, 0.05) is 6.04 Å². The zero-order chi connectivity index (χ0) is 8.27. The van der Waals surface area contributed by atoms with E-state index in [1.54, 1.807) is 0 Å². The zero-order valence-corrected chi connectivity index (χ0v) is 7.12. The molecule has 1 aliphatic rings. The van der Waals surface area contributed by atoms with Gasteiger partial charge in [-0.1, -0.05) is 44.2 Å². The number of rotatable bonds is 1. The summed E-state index contributed by atoms with van der Waals surface area (Å²) in [6.45, 7) is 4.33. The number of allylic oxidation sites excluding steroid dienone is 4. The lowest BCUT2D eigenvalue weighted by molar-refractivity contribution is 0.704. The van der Waals surface area contributed by atoms with E-state index in [4.69, 9.17) is 5.73 Å². The van der Waals surface area contributed by atoms with Gasteiger partial charge in [0.25, 0.3) is 0 Å². The minimum atomic E-state index is 0.102. The molecule has 0 fully saturated rings. The van der Waals surface area contributed by atoms with Crippen molar-refractivity contribution in [2.45, 2.75) is 19.9 Å². The summed E-state index contributed by atoms with van der Waals surface area (Å²) in [4.78, 5) is 0. The molecule has 0 aromatic carbocycles. The maximum absolute atomic E-state index is 5.88. The fourth-order valence-electron chi connectivity index (χ4n) is 1.21. The van der Waals surface area contributed by atoms with E-state index in [-0.39, 0.29) is 6.04 Å². The maximum atomic E-state index is 5.88. The summed E-state index contributed by atoms with van der Waals surface area (Å²) in [5.74, 6) is 0.539. The lowest BCUT2D eigenvalue weighted by atomic mass is 9.96. The summed E-state index contributed by atoms with van der Waals surface area (Å²) < 4.78 is 0. The minimum absolute atomic E-state index is 0.102. The highest BCUT2D eigenvalue weighted by Crippen LogP contribution is 2.15. The molecule has 0 saturated carbocycles. The van der Waals surface area contributed by atoms with Gasteiger partial charge in [0.15, 0.2) is 0 Å². The smallest absolute Gasteiger partial charge is 0.0448 e. The van der Waals surface area contributed by atoms with Gasteiger partial charge in [-0.2, -0.15) is 0 Å². The van der Waals surface area contributed by atoms with Crippen LogP contribution in [0.15, 0.2) is 36.0 Å². The third-order valence-electron chi connectivity index (χ3n) is 1.88. The normalized spacial score (nSPS) is 23.6. The molecule has 0 aromatic rings. The Morgan fingerprint density at radius 3 is 2.64 bits per heavy atom. The van der Waals surface area contributed by atoms with Gasteiger partial charge in [-0.3, -0.25) is 0 Å². The Hall–Kier alpha value is -0.820. The predicted molar refractivity (Wildman–Crippen MR) is 49.2 cm³/mol. The van der Waals surface area contributed by atoms with Crippen LogP contribution in [0.25, 0.3) is 0 Å². The molecule has 1 heteroatoms. The first-order valence-corrected chi connectivity index (χ1v) is 4.02. The van der Waals surface area contributed by atoms with E-state index in [1.165, 1.54) is 5.57 Å². The van der Waals surface area contributed by atoms with Crippen molar-refractivity contribution in [1.29, 1.82) is 0 Å². The summed E-state index contributed by atoms with van der Waals surface area (Å²) in [6.07, 6.45) is 10.2. The second-order valence-electron chi connectivity index (χ2n) is 3.12. The van der Waals surface area contributed by atoms with Gasteiger partial charge < -0.3 is 5.73 Å². The summed E-state index contributed by atoms with van der Waals surface area (Å²) in [5, 5.41) is 0. The van der Waals surface area contributed by atoms with E-state index in [0.29, 0.717) is 5.92 Å². The quantitative estimate of drug-likeness (QED) is 0.606. The van der Waals surface area contributed by atoms with Crippen molar-refractivity contribution in [3.63, 3.8) is 0 Å². The lowest BCUT2D eigenvalue weighted by Crippen LogP contribution is -2.22. The van der Waals surface area contributed by atoms with Crippen LogP contribution in [-0.2, 0) is 0 Å². The summed E-state index contributed by atoms with van der Waals surface area (Å²) in [6, 6.07) is 0.102. The molecule has 1 unspecified atom stereocenters. The molecule has 0 amide bonds. The average molecular weight is 149 g/mol. The molecule has 2 N–H and O–H groups in total. The molecule has 60 valence electrons. The Bertz CT molecular complexity index is 209. The van der Waals surface area contributed by atoms with Gasteiger partial charge in [0.1, 0.15) is 0 Å². The van der Waals surface area contributed by atoms with Gasteiger partial charge in [0.05, 0.1) is 0 Å². The molecule has 1 aliphatic carbocycles. The minimum Gasteiger partial charge on any atom is -0.321 e. The molecule has 0 bridgehead atoms. The van der Waals surface area contributed by atoms with Gasteiger partial charge in [-0.05, 0) is 11.5 Å². The molecule has 0 saturated heterocycles. The molecule has 0 spiro atoms. The van der Waals surface area contributed by atoms with Gasteiger partial charge in [0.2, 0.25) is 0 Å². The topological polar surface area (TPSA) is 26.0 Å². The van der Waals surface area contributed by atoms with E-state index in [0.717, 1.165) is 0 Å². The third-order valence-corrected chi connectivity index (χ3v) is 1.88. The van der Waals surface area contributed by atoms with Crippen LogP contribution in [0.2, 0.25) is 0 Å². The van der Waals surface area contributed by atoms with Gasteiger partial charge in [-0.25, -0.2) is 0 Å². The monoisotopic (exact) mass is 149 g/mol. The zero-order valence-electron chi connectivity index (χ0n) is 7.12. The van der Waals surface area contributed by atoms with Crippen molar-refractivity contribution >= 4 is 0 Å².